The Morgan fingerprint density at radius 2 is 2.25 bits per heavy atom. The average Bonchev–Trinajstić information content (AvgIpc) is 2.49. The van der Waals surface area contributed by atoms with Gasteiger partial charge >= 0.3 is 0 Å². The Kier molecular flexibility index (Phi) is 2.40. The van der Waals surface area contributed by atoms with E-state index in [1.54, 1.807) is 11.3 Å². The molecule has 0 saturated carbocycles. The largest absolute Gasteiger partial charge is 0.143 e. The summed E-state index contributed by atoms with van der Waals surface area (Å²) >= 11 is 11.2. The first-order chi connectivity index (χ1) is 5.83. The van der Waals surface area contributed by atoms with Crippen molar-refractivity contribution in [3.8, 4) is 0 Å². The zero-order valence-corrected chi connectivity index (χ0v) is 9.34. The number of rotatable bonds is 1. The number of hydrogen-bond acceptors (Lipinski definition) is 1. The molecule has 62 valence electrons. The average molecular weight is 262 g/mol. The minimum atomic E-state index is 0.850. The molecule has 2 rings (SSSR count). The van der Waals surface area contributed by atoms with Crippen LogP contribution in [-0.2, 0) is 5.33 Å². The van der Waals surface area contributed by atoms with Gasteiger partial charge in [0, 0.05) is 20.4 Å². The van der Waals surface area contributed by atoms with Gasteiger partial charge in [0.15, 0.2) is 0 Å². The van der Waals surface area contributed by atoms with Gasteiger partial charge in [-0.25, -0.2) is 0 Å². The van der Waals surface area contributed by atoms with Gasteiger partial charge in [0.2, 0.25) is 0 Å². The highest BCUT2D eigenvalue weighted by Crippen LogP contribution is 2.32. The number of alkyl halides is 1. The van der Waals surface area contributed by atoms with Crippen molar-refractivity contribution >= 4 is 49.0 Å². The third-order valence-corrected chi connectivity index (χ3v) is 3.68. The van der Waals surface area contributed by atoms with Gasteiger partial charge in [0.25, 0.3) is 0 Å². The van der Waals surface area contributed by atoms with Crippen LogP contribution in [0.4, 0.5) is 0 Å². The number of halogens is 2. The van der Waals surface area contributed by atoms with Crippen LogP contribution in [0.2, 0.25) is 5.02 Å². The molecular formula is C9H6BrClS. The zero-order valence-electron chi connectivity index (χ0n) is 6.18. The Morgan fingerprint density at radius 3 is 3.00 bits per heavy atom. The minimum Gasteiger partial charge on any atom is -0.143 e. The molecule has 0 nitrogen and oxygen atoms in total. The van der Waals surface area contributed by atoms with Gasteiger partial charge in [-0.15, -0.1) is 11.3 Å². The van der Waals surface area contributed by atoms with Gasteiger partial charge < -0.3 is 0 Å². The summed E-state index contributed by atoms with van der Waals surface area (Å²) in [6.07, 6.45) is 0. The molecule has 0 spiro atoms. The first kappa shape index (κ1) is 8.54. The van der Waals surface area contributed by atoms with Crippen molar-refractivity contribution in [3.63, 3.8) is 0 Å². The van der Waals surface area contributed by atoms with E-state index in [4.69, 9.17) is 11.6 Å². The monoisotopic (exact) mass is 260 g/mol. The molecule has 0 fully saturated rings. The molecule has 1 heterocycles. The van der Waals surface area contributed by atoms with Crippen molar-refractivity contribution in [1.29, 1.82) is 0 Å². The van der Waals surface area contributed by atoms with E-state index in [0.29, 0.717) is 0 Å². The maximum absolute atomic E-state index is 6.07. The van der Waals surface area contributed by atoms with Crippen molar-refractivity contribution in [1.82, 2.24) is 0 Å². The number of hydrogen-bond donors (Lipinski definition) is 0. The van der Waals surface area contributed by atoms with Crippen LogP contribution in [0.25, 0.3) is 10.1 Å². The molecule has 0 unspecified atom stereocenters. The number of fused-ring (bicyclic) bond motifs is 1. The molecular weight excluding hydrogens is 256 g/mol. The summed E-state index contributed by atoms with van der Waals surface area (Å²) in [7, 11) is 0. The van der Waals surface area contributed by atoms with Gasteiger partial charge in [0.05, 0.1) is 0 Å². The third-order valence-electron chi connectivity index (χ3n) is 1.77. The van der Waals surface area contributed by atoms with Crippen LogP contribution in [0.3, 0.4) is 0 Å². The molecule has 0 atom stereocenters. The summed E-state index contributed by atoms with van der Waals surface area (Å²) in [5, 5.41) is 5.06. The predicted molar refractivity (Wildman–Crippen MR) is 59.5 cm³/mol. The fourth-order valence-electron chi connectivity index (χ4n) is 1.21. The lowest BCUT2D eigenvalue weighted by Gasteiger charge is -1.95. The molecule has 3 heteroatoms. The summed E-state index contributed by atoms with van der Waals surface area (Å²) in [5.41, 5.74) is 1.28. The van der Waals surface area contributed by atoms with Crippen LogP contribution in [0.5, 0.6) is 0 Å². The molecule has 0 saturated heterocycles. The second kappa shape index (κ2) is 3.36. The molecule has 0 aliphatic carbocycles. The van der Waals surface area contributed by atoms with Gasteiger partial charge in [-0.2, -0.15) is 0 Å². The van der Waals surface area contributed by atoms with Crippen molar-refractivity contribution in [2.75, 3.05) is 0 Å². The Balaban J connectivity index is 2.83. The summed E-state index contributed by atoms with van der Waals surface area (Å²) in [4.78, 5) is 0. The summed E-state index contributed by atoms with van der Waals surface area (Å²) < 4.78 is 1.26. The van der Waals surface area contributed by atoms with Gasteiger partial charge in [-0.1, -0.05) is 33.6 Å². The van der Waals surface area contributed by atoms with Gasteiger partial charge in [-0.3, -0.25) is 0 Å². The Morgan fingerprint density at radius 1 is 1.42 bits per heavy atom. The second-order valence-electron chi connectivity index (χ2n) is 2.51. The van der Waals surface area contributed by atoms with E-state index < -0.39 is 0 Å². The number of benzene rings is 1. The molecule has 1 aromatic carbocycles. The molecule has 1 aromatic heterocycles. The Labute approximate surface area is 88.3 Å². The predicted octanol–water partition coefficient (Wildman–Crippen LogP) is 4.45. The van der Waals surface area contributed by atoms with Crippen molar-refractivity contribution < 1.29 is 0 Å². The van der Waals surface area contributed by atoms with Crippen molar-refractivity contribution in [2.45, 2.75) is 5.33 Å². The maximum atomic E-state index is 6.07. The second-order valence-corrected chi connectivity index (χ2v) is 4.39. The van der Waals surface area contributed by atoms with Crippen LogP contribution in [0.15, 0.2) is 23.6 Å². The lowest BCUT2D eigenvalue weighted by molar-refractivity contribution is 1.55. The summed E-state index contributed by atoms with van der Waals surface area (Å²) in [5.74, 6) is 0. The minimum absolute atomic E-state index is 0.850. The fourth-order valence-corrected chi connectivity index (χ4v) is 3.20. The smallest absolute Gasteiger partial charge is 0.0495 e. The highest BCUT2D eigenvalue weighted by Gasteiger charge is 2.05. The molecule has 0 bridgehead atoms. The molecule has 0 amide bonds. The van der Waals surface area contributed by atoms with Crippen LogP contribution in [-0.4, -0.2) is 0 Å². The maximum Gasteiger partial charge on any atom is 0.0495 e. The van der Waals surface area contributed by atoms with E-state index in [1.165, 1.54) is 15.6 Å². The zero-order chi connectivity index (χ0) is 8.55. The molecule has 0 aliphatic heterocycles. The molecule has 2 aromatic rings. The van der Waals surface area contributed by atoms with E-state index in [0.717, 1.165) is 10.4 Å². The van der Waals surface area contributed by atoms with Gasteiger partial charge in [0.1, 0.15) is 0 Å². The third kappa shape index (κ3) is 1.28. The lowest BCUT2D eigenvalue weighted by atomic mass is 10.2. The summed E-state index contributed by atoms with van der Waals surface area (Å²) in [6, 6.07) is 6.01. The molecule has 0 N–H and O–H groups in total. The Bertz CT molecular complexity index is 408. The number of thiophene rings is 1. The summed E-state index contributed by atoms with van der Waals surface area (Å²) in [6.45, 7) is 0. The van der Waals surface area contributed by atoms with Gasteiger partial charge in [-0.05, 0) is 23.1 Å². The molecule has 12 heavy (non-hydrogen) atoms. The highest BCUT2D eigenvalue weighted by molar-refractivity contribution is 9.08. The fraction of sp³-hybridized carbons (Fsp3) is 0.111. The topological polar surface area (TPSA) is 0 Å². The lowest BCUT2D eigenvalue weighted by Crippen LogP contribution is -1.73. The van der Waals surface area contributed by atoms with E-state index in [1.807, 2.05) is 12.1 Å². The van der Waals surface area contributed by atoms with E-state index in [-0.39, 0.29) is 0 Å². The SMILES string of the molecule is Clc1cccc2scc(CBr)c12. The van der Waals surface area contributed by atoms with E-state index >= 15 is 0 Å². The molecule has 0 aliphatic rings. The normalized spacial score (nSPS) is 10.8. The first-order valence-corrected chi connectivity index (χ1v) is 5.91. The van der Waals surface area contributed by atoms with Crippen molar-refractivity contribution in [2.24, 2.45) is 0 Å². The van der Waals surface area contributed by atoms with E-state index in [2.05, 4.69) is 27.4 Å². The quantitative estimate of drug-likeness (QED) is 0.665. The van der Waals surface area contributed by atoms with Crippen LogP contribution >= 0.6 is 38.9 Å². The Hall–Kier alpha value is -0.0500. The van der Waals surface area contributed by atoms with Crippen LogP contribution in [0, 0.1) is 0 Å². The molecule has 0 radical (unpaired) electrons. The first-order valence-electron chi connectivity index (χ1n) is 3.53. The standard InChI is InChI=1S/C9H6BrClS/c10-4-6-5-12-8-3-1-2-7(11)9(6)8/h1-3,5H,4H2. The highest BCUT2D eigenvalue weighted by atomic mass is 79.9. The van der Waals surface area contributed by atoms with E-state index in [9.17, 15) is 0 Å². The van der Waals surface area contributed by atoms with Crippen molar-refractivity contribution in [3.05, 3.63) is 34.2 Å². The van der Waals surface area contributed by atoms with Crippen LogP contribution in [0.1, 0.15) is 5.56 Å². The van der Waals surface area contributed by atoms with Crippen LogP contribution < -0.4 is 0 Å².